The van der Waals surface area contributed by atoms with Gasteiger partial charge in [-0.15, -0.1) is 0 Å². The van der Waals surface area contributed by atoms with Gasteiger partial charge in [-0.25, -0.2) is 0 Å². The van der Waals surface area contributed by atoms with Gasteiger partial charge in [0.25, 0.3) is 0 Å². The molecule has 0 aliphatic heterocycles. The van der Waals surface area contributed by atoms with Crippen LogP contribution in [0.3, 0.4) is 0 Å². The van der Waals surface area contributed by atoms with Crippen LogP contribution in [0.2, 0.25) is 0 Å². The van der Waals surface area contributed by atoms with Gasteiger partial charge in [-0.1, -0.05) is 0 Å². The number of methoxy groups -OCH3 is 1. The average Bonchev–Trinajstić information content (AvgIpc) is 2.21. The van der Waals surface area contributed by atoms with Crippen LogP contribution in [-0.2, 0) is 14.3 Å². The van der Waals surface area contributed by atoms with Crippen molar-refractivity contribution in [3.8, 4) is 0 Å². The molecule has 0 heterocycles. The van der Waals surface area contributed by atoms with Gasteiger partial charge in [0.1, 0.15) is 0 Å². The SMILES string of the molecule is CCOC1CC(NCC(=O)NCCOC)C1. The third-order valence-corrected chi connectivity index (χ3v) is 2.68. The number of amides is 1. The molecule has 0 atom stereocenters. The minimum atomic E-state index is 0.0249. The Morgan fingerprint density at radius 2 is 2.19 bits per heavy atom. The first-order valence-corrected chi connectivity index (χ1v) is 5.86. The molecule has 0 radical (unpaired) electrons. The number of ether oxygens (including phenoxy) is 2. The Morgan fingerprint density at radius 3 is 2.81 bits per heavy atom. The average molecular weight is 230 g/mol. The van der Waals surface area contributed by atoms with Crippen LogP contribution in [0.4, 0.5) is 0 Å². The van der Waals surface area contributed by atoms with E-state index in [0.29, 0.717) is 31.8 Å². The Morgan fingerprint density at radius 1 is 1.44 bits per heavy atom. The van der Waals surface area contributed by atoms with Gasteiger partial charge in [-0.2, -0.15) is 0 Å². The van der Waals surface area contributed by atoms with Gasteiger partial charge >= 0.3 is 0 Å². The van der Waals surface area contributed by atoms with Crippen molar-refractivity contribution in [2.45, 2.75) is 31.9 Å². The van der Waals surface area contributed by atoms with Gasteiger partial charge in [0.05, 0.1) is 19.3 Å². The number of hydrogen-bond donors (Lipinski definition) is 2. The lowest BCUT2D eigenvalue weighted by atomic mass is 9.89. The smallest absolute Gasteiger partial charge is 0.234 e. The van der Waals surface area contributed by atoms with E-state index in [-0.39, 0.29) is 5.91 Å². The molecule has 5 heteroatoms. The summed E-state index contributed by atoms with van der Waals surface area (Å²) in [6.45, 7) is 4.29. The van der Waals surface area contributed by atoms with Crippen LogP contribution >= 0.6 is 0 Å². The number of rotatable bonds is 8. The molecule has 0 unspecified atom stereocenters. The van der Waals surface area contributed by atoms with Gasteiger partial charge < -0.3 is 20.1 Å². The Labute approximate surface area is 96.9 Å². The standard InChI is InChI=1S/C11H22N2O3/c1-3-16-10-6-9(7-10)13-8-11(14)12-4-5-15-2/h9-10,13H,3-8H2,1-2H3,(H,12,14). The fourth-order valence-electron chi connectivity index (χ4n) is 1.70. The fourth-order valence-corrected chi connectivity index (χ4v) is 1.70. The lowest BCUT2D eigenvalue weighted by molar-refractivity contribution is -0.121. The van der Waals surface area contributed by atoms with E-state index in [1.165, 1.54) is 0 Å². The van der Waals surface area contributed by atoms with Crippen LogP contribution in [-0.4, -0.2) is 51.5 Å². The largest absolute Gasteiger partial charge is 0.383 e. The molecule has 0 aromatic rings. The van der Waals surface area contributed by atoms with E-state index >= 15 is 0 Å². The van der Waals surface area contributed by atoms with Gasteiger partial charge in [-0.3, -0.25) is 4.79 Å². The molecule has 1 fully saturated rings. The van der Waals surface area contributed by atoms with Crippen molar-refractivity contribution in [3.05, 3.63) is 0 Å². The number of carbonyl (C=O) groups is 1. The summed E-state index contributed by atoms with van der Waals surface area (Å²) in [5.74, 6) is 0.0249. The minimum Gasteiger partial charge on any atom is -0.383 e. The summed E-state index contributed by atoms with van der Waals surface area (Å²) in [6.07, 6.45) is 2.41. The lowest BCUT2D eigenvalue weighted by Gasteiger charge is -2.35. The van der Waals surface area contributed by atoms with Crippen molar-refractivity contribution >= 4 is 5.91 Å². The number of hydrogen-bond acceptors (Lipinski definition) is 4. The van der Waals surface area contributed by atoms with Crippen molar-refractivity contribution in [3.63, 3.8) is 0 Å². The molecule has 1 aliphatic rings. The van der Waals surface area contributed by atoms with Gasteiger partial charge in [0.15, 0.2) is 0 Å². The van der Waals surface area contributed by atoms with E-state index in [1.807, 2.05) is 6.92 Å². The Bertz CT molecular complexity index is 205. The molecular formula is C11H22N2O3. The highest BCUT2D eigenvalue weighted by atomic mass is 16.5. The normalized spacial score (nSPS) is 23.9. The van der Waals surface area contributed by atoms with Crippen LogP contribution < -0.4 is 10.6 Å². The first-order valence-electron chi connectivity index (χ1n) is 5.86. The van der Waals surface area contributed by atoms with E-state index in [4.69, 9.17) is 9.47 Å². The van der Waals surface area contributed by atoms with Crippen LogP contribution in [0.15, 0.2) is 0 Å². The molecule has 1 saturated carbocycles. The lowest BCUT2D eigenvalue weighted by Crippen LogP contribution is -2.48. The van der Waals surface area contributed by atoms with E-state index in [2.05, 4.69) is 10.6 Å². The first kappa shape index (κ1) is 13.4. The molecule has 0 aromatic carbocycles. The molecule has 1 aliphatic carbocycles. The second-order valence-electron chi connectivity index (χ2n) is 3.97. The predicted octanol–water partition coefficient (Wildman–Crippen LogP) is -0.0939. The predicted molar refractivity (Wildman–Crippen MR) is 61.3 cm³/mol. The Balaban J connectivity index is 1.93. The quantitative estimate of drug-likeness (QED) is 0.572. The monoisotopic (exact) mass is 230 g/mol. The number of nitrogens with one attached hydrogen (secondary N) is 2. The highest BCUT2D eigenvalue weighted by Gasteiger charge is 2.29. The van der Waals surface area contributed by atoms with Crippen LogP contribution in [0.5, 0.6) is 0 Å². The molecule has 1 rings (SSSR count). The Hall–Kier alpha value is -0.650. The van der Waals surface area contributed by atoms with E-state index in [1.54, 1.807) is 7.11 Å². The summed E-state index contributed by atoms with van der Waals surface area (Å²) in [4.78, 5) is 11.3. The molecule has 5 nitrogen and oxygen atoms in total. The fraction of sp³-hybridized carbons (Fsp3) is 0.909. The molecule has 1 amide bonds. The van der Waals surface area contributed by atoms with Crippen molar-refractivity contribution in [1.82, 2.24) is 10.6 Å². The maximum atomic E-state index is 11.3. The second-order valence-corrected chi connectivity index (χ2v) is 3.97. The molecule has 94 valence electrons. The highest BCUT2D eigenvalue weighted by molar-refractivity contribution is 5.77. The molecular weight excluding hydrogens is 208 g/mol. The van der Waals surface area contributed by atoms with Crippen molar-refractivity contribution in [2.24, 2.45) is 0 Å². The minimum absolute atomic E-state index is 0.0249. The molecule has 0 spiro atoms. The molecule has 2 N–H and O–H groups in total. The third kappa shape index (κ3) is 4.92. The summed E-state index contributed by atoms with van der Waals surface area (Å²) in [7, 11) is 1.62. The topological polar surface area (TPSA) is 59.6 Å². The van der Waals surface area contributed by atoms with Gasteiger partial charge in [-0.05, 0) is 19.8 Å². The number of carbonyl (C=O) groups excluding carboxylic acids is 1. The summed E-state index contributed by atoms with van der Waals surface area (Å²) < 4.78 is 10.3. The molecule has 0 aromatic heterocycles. The maximum Gasteiger partial charge on any atom is 0.234 e. The zero-order valence-corrected chi connectivity index (χ0v) is 10.1. The summed E-state index contributed by atoms with van der Waals surface area (Å²) in [6, 6.07) is 0.435. The van der Waals surface area contributed by atoms with E-state index in [9.17, 15) is 4.79 Å². The molecule has 0 saturated heterocycles. The molecule has 16 heavy (non-hydrogen) atoms. The maximum absolute atomic E-state index is 11.3. The van der Waals surface area contributed by atoms with Crippen molar-refractivity contribution in [1.29, 1.82) is 0 Å². The summed E-state index contributed by atoms with van der Waals surface area (Å²) >= 11 is 0. The zero-order valence-electron chi connectivity index (χ0n) is 10.1. The first-order chi connectivity index (χ1) is 7.76. The second kappa shape index (κ2) is 7.60. The molecule has 0 bridgehead atoms. The van der Waals surface area contributed by atoms with E-state index in [0.717, 1.165) is 19.4 Å². The van der Waals surface area contributed by atoms with Crippen molar-refractivity contribution in [2.75, 3.05) is 33.4 Å². The van der Waals surface area contributed by atoms with Crippen molar-refractivity contribution < 1.29 is 14.3 Å². The summed E-state index contributed by atoms with van der Waals surface area (Å²) in [5.41, 5.74) is 0. The summed E-state index contributed by atoms with van der Waals surface area (Å²) in [5, 5.41) is 5.97. The van der Waals surface area contributed by atoms with Gasteiger partial charge in [0.2, 0.25) is 5.91 Å². The third-order valence-electron chi connectivity index (χ3n) is 2.68. The highest BCUT2D eigenvalue weighted by Crippen LogP contribution is 2.22. The van der Waals surface area contributed by atoms with Crippen LogP contribution in [0.1, 0.15) is 19.8 Å². The van der Waals surface area contributed by atoms with Crippen LogP contribution in [0, 0.1) is 0 Å². The Kier molecular flexibility index (Phi) is 6.37. The van der Waals surface area contributed by atoms with E-state index < -0.39 is 0 Å². The van der Waals surface area contributed by atoms with Gasteiger partial charge in [0, 0.05) is 26.3 Å². The zero-order chi connectivity index (χ0) is 11.8. The van der Waals surface area contributed by atoms with Crippen LogP contribution in [0.25, 0.3) is 0 Å².